The minimum atomic E-state index is -0.623. The van der Waals surface area contributed by atoms with Gasteiger partial charge < -0.3 is 39.9 Å². The van der Waals surface area contributed by atoms with Gasteiger partial charge in [0.15, 0.2) is 23.0 Å². The quantitative estimate of drug-likeness (QED) is 0.670. The fourth-order valence-electron chi connectivity index (χ4n) is 3.01. The first-order chi connectivity index (χ1) is 13.4. The zero-order chi connectivity index (χ0) is 20.8. The molecule has 8 nitrogen and oxygen atoms in total. The van der Waals surface area contributed by atoms with Crippen LogP contribution in [0.1, 0.15) is 23.2 Å². The molecule has 0 saturated heterocycles. The van der Waals surface area contributed by atoms with E-state index in [1.54, 1.807) is 66.9 Å². The first-order valence-electron chi connectivity index (χ1n) is 8.56. The van der Waals surface area contributed by atoms with Crippen molar-refractivity contribution in [2.24, 2.45) is 11.5 Å². The van der Waals surface area contributed by atoms with Gasteiger partial charge in [0, 0.05) is 23.3 Å². The summed E-state index contributed by atoms with van der Waals surface area (Å²) in [6.45, 7) is 0. The number of ether oxygens (including phenoxy) is 6. The molecular weight excluding hydrogens is 364 g/mol. The lowest BCUT2D eigenvalue weighted by Gasteiger charge is -2.25. The van der Waals surface area contributed by atoms with Crippen LogP contribution < -0.4 is 39.9 Å². The van der Waals surface area contributed by atoms with Crippen LogP contribution in [0.5, 0.6) is 34.5 Å². The van der Waals surface area contributed by atoms with E-state index in [0.29, 0.717) is 45.6 Å². The molecule has 28 heavy (non-hydrogen) atoms. The molecular formula is C20H28N2O6. The summed E-state index contributed by atoms with van der Waals surface area (Å²) in [7, 11) is 9.32. The van der Waals surface area contributed by atoms with E-state index in [4.69, 9.17) is 39.9 Å². The smallest absolute Gasteiger partial charge is 0.164 e. The van der Waals surface area contributed by atoms with Gasteiger partial charge in [-0.25, -0.2) is 0 Å². The van der Waals surface area contributed by atoms with E-state index < -0.39 is 12.1 Å². The van der Waals surface area contributed by atoms with Gasteiger partial charge in [0.05, 0.1) is 54.7 Å². The van der Waals surface area contributed by atoms with E-state index in [1.807, 2.05) is 0 Å². The number of hydrogen-bond acceptors (Lipinski definition) is 8. The molecule has 0 fully saturated rings. The first-order valence-corrected chi connectivity index (χ1v) is 8.56. The maximum Gasteiger partial charge on any atom is 0.164 e. The number of nitrogens with two attached hydrogens (primary N) is 2. The zero-order valence-corrected chi connectivity index (χ0v) is 17.1. The molecule has 0 spiro atoms. The van der Waals surface area contributed by atoms with Crippen LogP contribution in [0.3, 0.4) is 0 Å². The van der Waals surface area contributed by atoms with Crippen LogP contribution in [-0.2, 0) is 0 Å². The van der Waals surface area contributed by atoms with Gasteiger partial charge in [-0.05, 0) is 12.1 Å². The fourth-order valence-corrected chi connectivity index (χ4v) is 3.01. The largest absolute Gasteiger partial charge is 0.496 e. The Hall–Kier alpha value is -2.84. The molecule has 8 heteroatoms. The van der Waals surface area contributed by atoms with Crippen molar-refractivity contribution in [3.05, 3.63) is 35.4 Å². The summed E-state index contributed by atoms with van der Waals surface area (Å²) in [6, 6.07) is 5.70. The Labute approximate surface area is 165 Å². The number of rotatable bonds is 9. The number of methoxy groups -OCH3 is 6. The summed E-state index contributed by atoms with van der Waals surface area (Å²) in [5, 5.41) is 0. The summed E-state index contributed by atoms with van der Waals surface area (Å²) in [6.07, 6.45) is 0. The van der Waals surface area contributed by atoms with E-state index in [0.717, 1.165) is 0 Å². The summed E-state index contributed by atoms with van der Waals surface area (Å²) < 4.78 is 32.4. The Morgan fingerprint density at radius 3 is 0.964 bits per heavy atom. The molecule has 0 saturated carbocycles. The van der Waals surface area contributed by atoms with Crippen LogP contribution in [-0.4, -0.2) is 42.7 Å². The van der Waals surface area contributed by atoms with Gasteiger partial charge in [-0.3, -0.25) is 0 Å². The second kappa shape index (κ2) is 9.38. The molecule has 0 aromatic heterocycles. The summed E-state index contributed by atoms with van der Waals surface area (Å²) in [5.41, 5.74) is 14.4. The van der Waals surface area contributed by atoms with Crippen molar-refractivity contribution < 1.29 is 28.4 Å². The second-order valence-corrected chi connectivity index (χ2v) is 5.95. The molecule has 154 valence electrons. The van der Waals surface area contributed by atoms with Crippen LogP contribution in [0.25, 0.3) is 0 Å². The molecule has 0 aliphatic heterocycles. The Kier molecular flexibility index (Phi) is 7.19. The molecule has 0 bridgehead atoms. The Balaban J connectivity index is 2.54. The predicted octanol–water partition coefficient (Wildman–Crippen LogP) is 2.44. The average molecular weight is 392 g/mol. The maximum absolute atomic E-state index is 6.52. The van der Waals surface area contributed by atoms with Gasteiger partial charge in [-0.2, -0.15) is 0 Å². The molecule has 2 aromatic rings. The highest BCUT2D eigenvalue weighted by molar-refractivity contribution is 5.55. The highest BCUT2D eigenvalue weighted by atomic mass is 16.5. The van der Waals surface area contributed by atoms with Crippen molar-refractivity contribution in [1.29, 1.82) is 0 Å². The number of hydrogen-bond donors (Lipinski definition) is 2. The van der Waals surface area contributed by atoms with Crippen molar-refractivity contribution in [2.75, 3.05) is 42.7 Å². The van der Waals surface area contributed by atoms with Gasteiger partial charge in [0.25, 0.3) is 0 Å². The minimum Gasteiger partial charge on any atom is -0.496 e. The summed E-state index contributed by atoms with van der Waals surface area (Å²) >= 11 is 0. The fraction of sp³-hybridized carbons (Fsp3) is 0.400. The maximum atomic E-state index is 6.52. The number of benzene rings is 2. The molecule has 2 rings (SSSR count). The third-order valence-corrected chi connectivity index (χ3v) is 4.58. The average Bonchev–Trinajstić information content (AvgIpc) is 2.75. The van der Waals surface area contributed by atoms with Crippen LogP contribution in [0.2, 0.25) is 0 Å². The molecule has 0 radical (unpaired) electrons. The third-order valence-electron chi connectivity index (χ3n) is 4.58. The molecule has 0 aliphatic rings. The lowest BCUT2D eigenvalue weighted by Crippen LogP contribution is -2.27. The van der Waals surface area contributed by atoms with Crippen molar-refractivity contribution in [2.45, 2.75) is 12.1 Å². The lowest BCUT2D eigenvalue weighted by atomic mass is 9.92. The zero-order valence-electron chi connectivity index (χ0n) is 17.1. The molecule has 4 N–H and O–H groups in total. The predicted molar refractivity (Wildman–Crippen MR) is 106 cm³/mol. The molecule has 2 atom stereocenters. The molecule has 0 amide bonds. The monoisotopic (exact) mass is 392 g/mol. The first kappa shape index (κ1) is 21.5. The van der Waals surface area contributed by atoms with Crippen LogP contribution in [0, 0.1) is 0 Å². The Bertz CT molecular complexity index is 744. The molecule has 2 aromatic carbocycles. The van der Waals surface area contributed by atoms with Gasteiger partial charge in [0.1, 0.15) is 11.5 Å². The SMILES string of the molecule is COc1cc(OC)c(C(N)C(N)c2cc(OC)c(OC)cc2OC)cc1OC. The summed E-state index contributed by atoms with van der Waals surface area (Å²) in [4.78, 5) is 0. The van der Waals surface area contributed by atoms with E-state index in [-0.39, 0.29) is 0 Å². The van der Waals surface area contributed by atoms with Gasteiger partial charge >= 0.3 is 0 Å². The molecule has 2 unspecified atom stereocenters. The lowest BCUT2D eigenvalue weighted by molar-refractivity contribution is 0.342. The topological polar surface area (TPSA) is 107 Å². The van der Waals surface area contributed by atoms with E-state index in [2.05, 4.69) is 0 Å². The highest BCUT2D eigenvalue weighted by Gasteiger charge is 2.27. The minimum absolute atomic E-state index is 0.528. The standard InChI is InChI=1S/C20H28N2O6/c1-23-13-9-17(27-5)15(25-3)7-11(13)19(21)20(22)12-8-16(26-4)18(28-6)10-14(12)24-2/h7-10,19-20H,21-22H2,1-6H3. The van der Waals surface area contributed by atoms with Gasteiger partial charge in [-0.1, -0.05) is 0 Å². The van der Waals surface area contributed by atoms with Gasteiger partial charge in [0.2, 0.25) is 0 Å². The molecule has 0 aliphatic carbocycles. The Morgan fingerprint density at radius 1 is 0.464 bits per heavy atom. The van der Waals surface area contributed by atoms with Crippen molar-refractivity contribution in [3.63, 3.8) is 0 Å². The highest BCUT2D eigenvalue weighted by Crippen LogP contribution is 2.43. The second-order valence-electron chi connectivity index (χ2n) is 5.95. The molecule has 0 heterocycles. The van der Waals surface area contributed by atoms with Crippen LogP contribution in [0.4, 0.5) is 0 Å². The Morgan fingerprint density at radius 2 is 0.714 bits per heavy atom. The summed E-state index contributed by atoms with van der Waals surface area (Å²) in [5.74, 6) is 3.21. The van der Waals surface area contributed by atoms with Crippen LogP contribution in [0.15, 0.2) is 24.3 Å². The van der Waals surface area contributed by atoms with E-state index in [1.165, 1.54) is 0 Å². The van der Waals surface area contributed by atoms with Crippen molar-refractivity contribution in [1.82, 2.24) is 0 Å². The van der Waals surface area contributed by atoms with Gasteiger partial charge in [-0.15, -0.1) is 0 Å². The van der Waals surface area contributed by atoms with E-state index in [9.17, 15) is 0 Å². The normalized spacial score (nSPS) is 12.7. The van der Waals surface area contributed by atoms with Crippen LogP contribution >= 0.6 is 0 Å². The van der Waals surface area contributed by atoms with Crippen molar-refractivity contribution in [3.8, 4) is 34.5 Å². The third kappa shape index (κ3) is 4.02. The van der Waals surface area contributed by atoms with Crippen molar-refractivity contribution >= 4 is 0 Å². The van der Waals surface area contributed by atoms with E-state index >= 15 is 0 Å².